The highest BCUT2D eigenvalue weighted by atomic mass is 35.5. The predicted octanol–water partition coefficient (Wildman–Crippen LogP) is 4.73. The highest BCUT2D eigenvalue weighted by Gasteiger charge is 2.15. The van der Waals surface area contributed by atoms with E-state index in [1.165, 1.54) is 18.5 Å². The van der Waals surface area contributed by atoms with Gasteiger partial charge in [0, 0.05) is 40.3 Å². The molecule has 1 N–H and O–H groups in total. The summed E-state index contributed by atoms with van der Waals surface area (Å²) in [5, 5.41) is 3.51. The van der Waals surface area contributed by atoms with Gasteiger partial charge >= 0.3 is 0 Å². The maximum Gasteiger partial charge on any atom is 0.228 e. The number of imidazole rings is 1. The molecule has 5 nitrogen and oxygen atoms in total. The number of aromatic nitrogens is 2. The van der Waals surface area contributed by atoms with Crippen LogP contribution >= 0.6 is 11.6 Å². The van der Waals surface area contributed by atoms with Crippen LogP contribution in [0.1, 0.15) is 24.1 Å². The van der Waals surface area contributed by atoms with E-state index in [2.05, 4.69) is 14.9 Å². The lowest BCUT2D eigenvalue weighted by Crippen LogP contribution is -2.15. The van der Waals surface area contributed by atoms with Gasteiger partial charge in [-0.3, -0.25) is 4.79 Å². The number of aryl methyl sites for hydroxylation is 1. The fourth-order valence-corrected chi connectivity index (χ4v) is 3.83. The zero-order valence-corrected chi connectivity index (χ0v) is 16.5. The fourth-order valence-electron chi connectivity index (χ4n) is 3.63. The monoisotopic (exact) mass is 395 g/mol. The van der Waals surface area contributed by atoms with Crippen molar-refractivity contribution < 1.29 is 9.53 Å². The third kappa shape index (κ3) is 3.90. The van der Waals surface area contributed by atoms with Gasteiger partial charge in [-0.05, 0) is 61.7 Å². The summed E-state index contributed by atoms with van der Waals surface area (Å²) in [5.41, 5.74) is 3.87. The van der Waals surface area contributed by atoms with Crippen LogP contribution in [0.5, 0.6) is 5.75 Å². The summed E-state index contributed by atoms with van der Waals surface area (Å²) >= 11 is 6.04. The van der Waals surface area contributed by atoms with Gasteiger partial charge < -0.3 is 14.6 Å². The summed E-state index contributed by atoms with van der Waals surface area (Å²) < 4.78 is 7.60. The molecule has 0 spiro atoms. The fraction of sp³-hybridized carbons (Fsp3) is 0.273. The molecule has 4 rings (SSSR count). The first-order chi connectivity index (χ1) is 13.6. The molecule has 0 fully saturated rings. The zero-order valence-electron chi connectivity index (χ0n) is 15.7. The molecule has 3 aromatic rings. The van der Waals surface area contributed by atoms with Crippen molar-refractivity contribution in [3.63, 3.8) is 0 Å². The van der Waals surface area contributed by atoms with Crippen LogP contribution in [0.4, 0.5) is 5.69 Å². The number of ether oxygens (including phenoxy) is 1. The summed E-state index contributed by atoms with van der Waals surface area (Å²) in [6.45, 7) is 1.02. The molecule has 28 heavy (non-hydrogen) atoms. The van der Waals surface area contributed by atoms with E-state index in [-0.39, 0.29) is 12.3 Å². The minimum absolute atomic E-state index is 0.119. The van der Waals surface area contributed by atoms with Crippen molar-refractivity contribution in [1.29, 1.82) is 0 Å². The molecule has 144 valence electrons. The number of anilines is 1. The van der Waals surface area contributed by atoms with Crippen molar-refractivity contribution in [2.45, 2.75) is 32.2 Å². The predicted molar refractivity (Wildman–Crippen MR) is 111 cm³/mol. The first kappa shape index (κ1) is 18.6. The van der Waals surface area contributed by atoms with Gasteiger partial charge in [0.05, 0.1) is 13.5 Å². The zero-order chi connectivity index (χ0) is 19.5. The van der Waals surface area contributed by atoms with Crippen molar-refractivity contribution in [3.05, 3.63) is 64.9 Å². The molecule has 2 aromatic carbocycles. The summed E-state index contributed by atoms with van der Waals surface area (Å²) in [6, 6.07) is 13.1. The van der Waals surface area contributed by atoms with Gasteiger partial charge in [-0.15, -0.1) is 0 Å². The number of fused-ring (bicyclic) bond motifs is 1. The number of benzene rings is 2. The molecule has 0 atom stereocenters. The van der Waals surface area contributed by atoms with Gasteiger partial charge in [0.1, 0.15) is 11.6 Å². The van der Waals surface area contributed by atoms with E-state index in [0.29, 0.717) is 10.8 Å². The standard InChI is InChI=1S/C22H22ClN3O2/c1-28-20-10-7-17(23)12-16(20)13-21(27)25-18-8-5-15(6-9-18)22-24-14-19-4-2-3-11-26(19)22/h5-10,12,14H,2-4,11,13H2,1H3,(H,25,27). The van der Waals surface area contributed by atoms with Gasteiger partial charge in [-0.25, -0.2) is 4.98 Å². The summed E-state index contributed by atoms with van der Waals surface area (Å²) in [7, 11) is 1.58. The van der Waals surface area contributed by atoms with Crippen LogP contribution < -0.4 is 10.1 Å². The largest absolute Gasteiger partial charge is 0.496 e. The van der Waals surface area contributed by atoms with Crippen molar-refractivity contribution in [2.24, 2.45) is 0 Å². The molecule has 0 saturated heterocycles. The van der Waals surface area contributed by atoms with E-state index >= 15 is 0 Å². The summed E-state index contributed by atoms with van der Waals surface area (Å²) in [4.78, 5) is 17.0. The quantitative estimate of drug-likeness (QED) is 0.679. The van der Waals surface area contributed by atoms with Crippen LogP contribution in [0.2, 0.25) is 5.02 Å². The molecule has 2 heterocycles. The molecule has 0 unspecified atom stereocenters. The van der Waals surface area contributed by atoms with E-state index in [4.69, 9.17) is 16.3 Å². The Morgan fingerprint density at radius 3 is 2.82 bits per heavy atom. The number of hydrogen-bond acceptors (Lipinski definition) is 3. The number of carbonyl (C=O) groups is 1. The molecular weight excluding hydrogens is 374 g/mol. The minimum Gasteiger partial charge on any atom is -0.496 e. The molecule has 1 aliphatic rings. The average Bonchev–Trinajstić information content (AvgIpc) is 3.13. The van der Waals surface area contributed by atoms with Gasteiger partial charge in [-0.2, -0.15) is 0 Å². The third-order valence-electron chi connectivity index (χ3n) is 5.02. The summed E-state index contributed by atoms with van der Waals surface area (Å²) in [5.74, 6) is 1.53. The van der Waals surface area contributed by atoms with Crippen molar-refractivity contribution in [1.82, 2.24) is 9.55 Å². The van der Waals surface area contributed by atoms with Crippen LogP contribution in [0, 0.1) is 0 Å². The Bertz CT molecular complexity index is 996. The lowest BCUT2D eigenvalue weighted by molar-refractivity contribution is -0.115. The first-order valence-electron chi connectivity index (χ1n) is 9.41. The average molecular weight is 396 g/mol. The molecular formula is C22H22ClN3O2. The van der Waals surface area contributed by atoms with Crippen LogP contribution in [0.15, 0.2) is 48.7 Å². The Kier molecular flexibility index (Phi) is 5.35. The topological polar surface area (TPSA) is 56.1 Å². The normalized spacial score (nSPS) is 13.1. The maximum atomic E-state index is 12.4. The van der Waals surface area contributed by atoms with Crippen molar-refractivity contribution in [3.8, 4) is 17.1 Å². The molecule has 0 saturated carbocycles. The molecule has 0 aliphatic carbocycles. The highest BCUT2D eigenvalue weighted by Crippen LogP contribution is 2.26. The molecule has 1 aromatic heterocycles. The number of nitrogens with zero attached hydrogens (tertiary/aromatic N) is 2. The van der Waals surface area contributed by atoms with Gasteiger partial charge in [0.2, 0.25) is 5.91 Å². The number of methoxy groups -OCH3 is 1. The van der Waals surface area contributed by atoms with E-state index in [0.717, 1.165) is 35.6 Å². The van der Waals surface area contributed by atoms with Gasteiger partial charge in [-0.1, -0.05) is 11.6 Å². The second-order valence-corrected chi connectivity index (χ2v) is 7.38. The van der Waals surface area contributed by atoms with Crippen LogP contribution in [-0.4, -0.2) is 22.6 Å². The lowest BCUT2D eigenvalue weighted by Gasteiger charge is -2.16. The van der Waals surface area contributed by atoms with E-state index in [1.807, 2.05) is 30.5 Å². The van der Waals surface area contributed by atoms with Crippen LogP contribution in [-0.2, 0) is 24.2 Å². The minimum atomic E-state index is -0.119. The number of nitrogens with one attached hydrogen (secondary N) is 1. The van der Waals surface area contributed by atoms with Gasteiger partial charge in [0.15, 0.2) is 0 Å². The summed E-state index contributed by atoms with van der Waals surface area (Å²) in [6.07, 6.45) is 5.68. The van der Waals surface area contributed by atoms with Crippen molar-refractivity contribution in [2.75, 3.05) is 12.4 Å². The first-order valence-corrected chi connectivity index (χ1v) is 9.79. The highest BCUT2D eigenvalue weighted by molar-refractivity contribution is 6.30. The number of rotatable bonds is 5. The van der Waals surface area contributed by atoms with E-state index < -0.39 is 0 Å². The molecule has 1 aliphatic heterocycles. The second-order valence-electron chi connectivity index (χ2n) is 6.94. The maximum absolute atomic E-state index is 12.4. The van der Waals surface area contributed by atoms with E-state index in [9.17, 15) is 4.79 Å². The third-order valence-corrected chi connectivity index (χ3v) is 5.26. The van der Waals surface area contributed by atoms with Crippen LogP contribution in [0.3, 0.4) is 0 Å². The molecule has 1 amide bonds. The molecule has 6 heteroatoms. The molecule has 0 radical (unpaired) electrons. The Balaban J connectivity index is 1.46. The van der Waals surface area contributed by atoms with Crippen molar-refractivity contribution >= 4 is 23.2 Å². The van der Waals surface area contributed by atoms with E-state index in [1.54, 1.807) is 25.3 Å². The Morgan fingerprint density at radius 1 is 1.21 bits per heavy atom. The van der Waals surface area contributed by atoms with Gasteiger partial charge in [0.25, 0.3) is 0 Å². The number of carbonyl (C=O) groups excluding carboxylic acids is 1. The number of hydrogen-bond donors (Lipinski definition) is 1. The molecule has 0 bridgehead atoms. The number of halogens is 1. The SMILES string of the molecule is COc1ccc(Cl)cc1CC(=O)Nc1ccc(-c2ncc3n2CCCC3)cc1. The Labute approximate surface area is 169 Å². The Morgan fingerprint density at radius 2 is 2.04 bits per heavy atom. The second kappa shape index (κ2) is 8.07. The lowest BCUT2D eigenvalue weighted by atomic mass is 10.1. The van der Waals surface area contributed by atoms with Crippen LogP contribution in [0.25, 0.3) is 11.4 Å². The smallest absolute Gasteiger partial charge is 0.228 e. The number of amides is 1. The Hall–Kier alpha value is -2.79.